The SMILES string of the molecule is CC[C@](C)(N)C(=O)OC(C)C. The normalized spacial score (nSPS) is 16.2. The average molecular weight is 159 g/mol. The highest BCUT2D eigenvalue weighted by Gasteiger charge is 2.28. The van der Waals surface area contributed by atoms with E-state index in [1.54, 1.807) is 6.92 Å². The summed E-state index contributed by atoms with van der Waals surface area (Å²) in [5, 5.41) is 0. The van der Waals surface area contributed by atoms with Gasteiger partial charge in [-0.3, -0.25) is 4.79 Å². The van der Waals surface area contributed by atoms with Gasteiger partial charge in [0.1, 0.15) is 5.54 Å². The van der Waals surface area contributed by atoms with Crippen molar-refractivity contribution in [2.75, 3.05) is 0 Å². The molecule has 0 saturated carbocycles. The molecule has 0 aliphatic rings. The van der Waals surface area contributed by atoms with E-state index in [9.17, 15) is 4.79 Å². The molecule has 0 aliphatic heterocycles. The predicted molar refractivity (Wildman–Crippen MR) is 44.1 cm³/mol. The van der Waals surface area contributed by atoms with E-state index in [2.05, 4.69) is 0 Å². The smallest absolute Gasteiger partial charge is 0.326 e. The maximum Gasteiger partial charge on any atom is 0.326 e. The van der Waals surface area contributed by atoms with Crippen LogP contribution in [0.15, 0.2) is 0 Å². The fraction of sp³-hybridized carbons (Fsp3) is 0.875. The summed E-state index contributed by atoms with van der Waals surface area (Å²) < 4.78 is 4.94. The Hall–Kier alpha value is -0.570. The van der Waals surface area contributed by atoms with Crippen LogP contribution >= 0.6 is 0 Å². The first-order valence-electron chi connectivity index (χ1n) is 3.90. The van der Waals surface area contributed by atoms with E-state index in [1.807, 2.05) is 20.8 Å². The van der Waals surface area contributed by atoms with Crippen LogP contribution in [0.1, 0.15) is 34.1 Å². The summed E-state index contributed by atoms with van der Waals surface area (Å²) in [6.45, 7) is 7.16. The molecule has 0 spiro atoms. The molecule has 11 heavy (non-hydrogen) atoms. The van der Waals surface area contributed by atoms with Gasteiger partial charge in [-0.05, 0) is 27.2 Å². The van der Waals surface area contributed by atoms with Gasteiger partial charge in [-0.1, -0.05) is 6.92 Å². The Kier molecular flexibility index (Phi) is 3.52. The molecule has 0 aliphatic carbocycles. The molecular formula is C8H17NO2. The summed E-state index contributed by atoms with van der Waals surface area (Å²) in [6, 6.07) is 0. The lowest BCUT2D eigenvalue weighted by Gasteiger charge is -2.21. The maximum absolute atomic E-state index is 11.2. The van der Waals surface area contributed by atoms with Crippen LogP contribution in [0.3, 0.4) is 0 Å². The van der Waals surface area contributed by atoms with Gasteiger partial charge in [-0.15, -0.1) is 0 Å². The summed E-state index contributed by atoms with van der Waals surface area (Å²) in [5.74, 6) is -0.324. The highest BCUT2D eigenvalue weighted by Crippen LogP contribution is 2.08. The molecule has 1 atom stereocenters. The van der Waals surface area contributed by atoms with Crippen LogP contribution in [0.5, 0.6) is 0 Å². The molecule has 0 rings (SSSR count). The fourth-order valence-corrected chi connectivity index (χ4v) is 0.493. The van der Waals surface area contributed by atoms with Gasteiger partial charge in [0.25, 0.3) is 0 Å². The van der Waals surface area contributed by atoms with Crippen molar-refractivity contribution in [1.29, 1.82) is 0 Å². The standard InChI is InChI=1S/C8H17NO2/c1-5-8(4,9)7(10)11-6(2)3/h6H,5,9H2,1-4H3/t8-/m0/s1. The first-order chi connectivity index (χ1) is 4.90. The van der Waals surface area contributed by atoms with Crippen molar-refractivity contribution < 1.29 is 9.53 Å². The summed E-state index contributed by atoms with van der Waals surface area (Å²) >= 11 is 0. The fourth-order valence-electron chi connectivity index (χ4n) is 0.493. The monoisotopic (exact) mass is 159 g/mol. The summed E-state index contributed by atoms with van der Waals surface area (Å²) in [7, 11) is 0. The van der Waals surface area contributed by atoms with Crippen molar-refractivity contribution in [1.82, 2.24) is 0 Å². The Morgan fingerprint density at radius 3 is 2.36 bits per heavy atom. The number of carbonyl (C=O) groups is 1. The second-order valence-electron chi connectivity index (χ2n) is 3.23. The summed E-state index contributed by atoms with van der Waals surface area (Å²) in [5.41, 5.74) is 4.80. The van der Waals surface area contributed by atoms with Crippen LogP contribution in [0.4, 0.5) is 0 Å². The highest BCUT2D eigenvalue weighted by molar-refractivity contribution is 5.79. The van der Waals surface area contributed by atoms with Gasteiger partial charge >= 0.3 is 5.97 Å². The zero-order valence-corrected chi connectivity index (χ0v) is 7.68. The number of esters is 1. The van der Waals surface area contributed by atoms with Gasteiger partial charge in [0, 0.05) is 0 Å². The highest BCUT2D eigenvalue weighted by atomic mass is 16.5. The van der Waals surface area contributed by atoms with E-state index >= 15 is 0 Å². The zero-order valence-electron chi connectivity index (χ0n) is 7.68. The average Bonchev–Trinajstić information content (AvgIpc) is 1.86. The van der Waals surface area contributed by atoms with Gasteiger partial charge in [0.15, 0.2) is 0 Å². The van der Waals surface area contributed by atoms with Gasteiger partial charge in [-0.2, -0.15) is 0 Å². The molecule has 0 aromatic rings. The Morgan fingerprint density at radius 1 is 1.64 bits per heavy atom. The topological polar surface area (TPSA) is 52.3 Å². The molecule has 0 aromatic carbocycles. The van der Waals surface area contributed by atoms with Crippen LogP contribution in [0.2, 0.25) is 0 Å². The van der Waals surface area contributed by atoms with Crippen LogP contribution in [-0.4, -0.2) is 17.6 Å². The predicted octanol–water partition coefficient (Wildman–Crippen LogP) is 1.07. The van der Waals surface area contributed by atoms with Crippen LogP contribution in [0.25, 0.3) is 0 Å². The van der Waals surface area contributed by atoms with Crippen molar-refractivity contribution in [3.8, 4) is 0 Å². The molecular weight excluding hydrogens is 142 g/mol. The van der Waals surface area contributed by atoms with E-state index < -0.39 is 5.54 Å². The van der Waals surface area contributed by atoms with E-state index in [1.165, 1.54) is 0 Å². The summed E-state index contributed by atoms with van der Waals surface area (Å²) in [4.78, 5) is 11.2. The lowest BCUT2D eigenvalue weighted by atomic mass is 10.0. The molecule has 0 heterocycles. The van der Waals surface area contributed by atoms with Crippen LogP contribution in [-0.2, 0) is 9.53 Å². The molecule has 2 N–H and O–H groups in total. The third-order valence-electron chi connectivity index (χ3n) is 1.54. The molecule has 0 bridgehead atoms. The number of carbonyl (C=O) groups excluding carboxylic acids is 1. The Balaban J connectivity index is 4.02. The lowest BCUT2D eigenvalue weighted by molar-refractivity contribution is -0.153. The van der Waals surface area contributed by atoms with Gasteiger partial charge in [0.2, 0.25) is 0 Å². The number of ether oxygens (including phenoxy) is 1. The molecule has 0 radical (unpaired) electrons. The first kappa shape index (κ1) is 10.4. The van der Waals surface area contributed by atoms with E-state index in [-0.39, 0.29) is 12.1 Å². The third kappa shape index (κ3) is 3.37. The molecule has 0 saturated heterocycles. The minimum absolute atomic E-state index is 0.0862. The van der Waals surface area contributed by atoms with Crippen molar-refractivity contribution in [2.24, 2.45) is 5.73 Å². The van der Waals surface area contributed by atoms with Gasteiger partial charge in [-0.25, -0.2) is 0 Å². The van der Waals surface area contributed by atoms with Crippen LogP contribution in [0, 0.1) is 0 Å². The van der Waals surface area contributed by atoms with E-state index in [0.717, 1.165) is 0 Å². The molecule has 3 nitrogen and oxygen atoms in total. The zero-order chi connectivity index (χ0) is 9.07. The first-order valence-corrected chi connectivity index (χ1v) is 3.90. The molecule has 66 valence electrons. The number of rotatable bonds is 3. The maximum atomic E-state index is 11.2. The number of hydrogen-bond acceptors (Lipinski definition) is 3. The van der Waals surface area contributed by atoms with E-state index in [0.29, 0.717) is 6.42 Å². The van der Waals surface area contributed by atoms with Gasteiger partial charge in [0.05, 0.1) is 6.10 Å². The van der Waals surface area contributed by atoms with Crippen molar-refractivity contribution in [3.05, 3.63) is 0 Å². The van der Waals surface area contributed by atoms with Crippen molar-refractivity contribution in [3.63, 3.8) is 0 Å². The Labute approximate surface area is 67.9 Å². The van der Waals surface area contributed by atoms with Crippen molar-refractivity contribution >= 4 is 5.97 Å². The molecule has 0 unspecified atom stereocenters. The number of hydrogen-bond donors (Lipinski definition) is 1. The third-order valence-corrected chi connectivity index (χ3v) is 1.54. The van der Waals surface area contributed by atoms with Crippen molar-refractivity contribution in [2.45, 2.75) is 45.8 Å². The molecule has 0 fully saturated rings. The Bertz CT molecular complexity index is 141. The second-order valence-corrected chi connectivity index (χ2v) is 3.23. The molecule has 3 heteroatoms. The quantitative estimate of drug-likeness (QED) is 0.626. The second kappa shape index (κ2) is 3.72. The number of nitrogens with two attached hydrogens (primary N) is 1. The van der Waals surface area contributed by atoms with E-state index in [4.69, 9.17) is 10.5 Å². The minimum Gasteiger partial charge on any atom is -0.462 e. The lowest BCUT2D eigenvalue weighted by Crippen LogP contribution is -2.46. The molecule has 0 aromatic heterocycles. The molecule has 0 amide bonds. The Morgan fingerprint density at radius 2 is 2.09 bits per heavy atom. The summed E-state index contributed by atoms with van der Waals surface area (Å²) in [6.07, 6.45) is 0.510. The largest absolute Gasteiger partial charge is 0.462 e. The van der Waals surface area contributed by atoms with Crippen LogP contribution < -0.4 is 5.73 Å². The minimum atomic E-state index is -0.829. The van der Waals surface area contributed by atoms with Gasteiger partial charge < -0.3 is 10.5 Å².